The molecule has 3 aromatic carbocycles. The molecule has 1 heterocycles. The lowest BCUT2D eigenvalue weighted by Gasteiger charge is -2.13. The molecule has 6 heteroatoms. The van der Waals surface area contributed by atoms with Gasteiger partial charge in [0.05, 0.1) is 12.7 Å². The Bertz CT molecular complexity index is 1060. The van der Waals surface area contributed by atoms with Gasteiger partial charge >= 0.3 is 0 Å². The Kier molecular flexibility index (Phi) is 6.30. The molecule has 0 amide bonds. The van der Waals surface area contributed by atoms with E-state index in [0.717, 1.165) is 12.0 Å². The van der Waals surface area contributed by atoms with Crippen LogP contribution in [0.3, 0.4) is 0 Å². The summed E-state index contributed by atoms with van der Waals surface area (Å²) in [6.45, 7) is 2.47. The molecule has 0 radical (unpaired) electrons. The lowest BCUT2D eigenvalue weighted by atomic mass is 10.0. The normalized spacial score (nSPS) is 16.2. The van der Waals surface area contributed by atoms with E-state index in [1.807, 2.05) is 6.92 Å². The maximum atomic E-state index is 14.5. The Labute approximate surface area is 179 Å². The summed E-state index contributed by atoms with van der Waals surface area (Å²) in [5.74, 6) is -2.23. The van der Waals surface area contributed by atoms with E-state index in [-0.39, 0.29) is 29.6 Å². The summed E-state index contributed by atoms with van der Waals surface area (Å²) < 4.78 is 53.6. The monoisotopic (exact) mass is 428 g/mol. The third-order valence-electron chi connectivity index (χ3n) is 5.35. The standard InChI is InChI=1S/C25H23F3O3/c1-2-3-21(29)17-8-11-22(20(26)12-17)30-13-15-4-6-16(7-5-15)18-9-10-19(23-14-31-23)25(28)24(18)27/h4-12,21,23,29H,2-3,13-14H2,1H3. The molecule has 3 aromatic rings. The van der Waals surface area contributed by atoms with Gasteiger partial charge in [-0.3, -0.25) is 0 Å². The first-order chi connectivity index (χ1) is 15.0. The van der Waals surface area contributed by atoms with Gasteiger partial charge in [-0.2, -0.15) is 0 Å². The van der Waals surface area contributed by atoms with Crippen LogP contribution in [0.4, 0.5) is 13.2 Å². The minimum absolute atomic E-state index is 0.0857. The van der Waals surface area contributed by atoms with Crippen molar-refractivity contribution in [3.63, 3.8) is 0 Å². The first-order valence-corrected chi connectivity index (χ1v) is 10.3. The fourth-order valence-electron chi connectivity index (χ4n) is 3.49. The summed E-state index contributed by atoms with van der Waals surface area (Å²) in [6.07, 6.45) is 0.310. The molecular weight excluding hydrogens is 405 g/mol. The Morgan fingerprint density at radius 3 is 2.42 bits per heavy atom. The van der Waals surface area contributed by atoms with E-state index in [9.17, 15) is 18.3 Å². The Hall–Kier alpha value is -2.83. The van der Waals surface area contributed by atoms with Gasteiger partial charge in [-0.25, -0.2) is 13.2 Å². The van der Waals surface area contributed by atoms with Crippen molar-refractivity contribution in [1.29, 1.82) is 0 Å². The molecule has 0 aromatic heterocycles. The van der Waals surface area contributed by atoms with Crippen molar-refractivity contribution < 1.29 is 27.8 Å². The highest BCUT2D eigenvalue weighted by atomic mass is 19.2. The van der Waals surface area contributed by atoms with Crippen LogP contribution in [-0.4, -0.2) is 11.7 Å². The van der Waals surface area contributed by atoms with Crippen molar-refractivity contribution in [3.05, 3.63) is 88.7 Å². The van der Waals surface area contributed by atoms with Crippen LogP contribution in [0.5, 0.6) is 5.75 Å². The second-order valence-corrected chi connectivity index (χ2v) is 7.63. The van der Waals surface area contributed by atoms with Gasteiger partial charge in [0.15, 0.2) is 23.2 Å². The molecule has 3 nitrogen and oxygen atoms in total. The highest BCUT2D eigenvalue weighted by Gasteiger charge is 2.30. The highest BCUT2D eigenvalue weighted by molar-refractivity contribution is 5.65. The van der Waals surface area contributed by atoms with E-state index in [0.29, 0.717) is 24.2 Å². The molecule has 1 aliphatic heterocycles. The number of aliphatic hydroxyl groups excluding tert-OH is 1. The molecule has 1 fully saturated rings. The third-order valence-corrected chi connectivity index (χ3v) is 5.35. The maximum absolute atomic E-state index is 14.5. The molecule has 31 heavy (non-hydrogen) atoms. The van der Waals surface area contributed by atoms with Crippen LogP contribution in [0, 0.1) is 17.5 Å². The van der Waals surface area contributed by atoms with Crippen molar-refractivity contribution in [2.75, 3.05) is 6.61 Å². The molecule has 2 unspecified atom stereocenters. The minimum Gasteiger partial charge on any atom is -0.486 e. The molecule has 0 saturated carbocycles. The van der Waals surface area contributed by atoms with Crippen molar-refractivity contribution in [2.24, 2.45) is 0 Å². The number of rotatable bonds is 8. The van der Waals surface area contributed by atoms with Gasteiger partial charge in [0.2, 0.25) is 0 Å². The van der Waals surface area contributed by atoms with Gasteiger partial charge in [-0.15, -0.1) is 0 Å². The second-order valence-electron chi connectivity index (χ2n) is 7.63. The lowest BCUT2D eigenvalue weighted by molar-refractivity contribution is 0.165. The number of ether oxygens (including phenoxy) is 2. The maximum Gasteiger partial charge on any atom is 0.167 e. The first kappa shape index (κ1) is 21.4. The van der Waals surface area contributed by atoms with E-state index >= 15 is 0 Å². The number of hydrogen-bond donors (Lipinski definition) is 1. The van der Waals surface area contributed by atoms with Gasteiger partial charge in [-0.1, -0.05) is 55.8 Å². The molecule has 1 saturated heterocycles. The smallest absolute Gasteiger partial charge is 0.167 e. The molecule has 0 spiro atoms. The zero-order valence-electron chi connectivity index (χ0n) is 17.1. The summed E-state index contributed by atoms with van der Waals surface area (Å²) >= 11 is 0. The zero-order valence-corrected chi connectivity index (χ0v) is 17.1. The number of halogens is 3. The number of aliphatic hydroxyl groups is 1. The quantitative estimate of drug-likeness (QED) is 0.431. The average molecular weight is 428 g/mol. The zero-order chi connectivity index (χ0) is 22.0. The molecule has 162 valence electrons. The van der Waals surface area contributed by atoms with Crippen molar-refractivity contribution in [2.45, 2.75) is 38.6 Å². The highest BCUT2D eigenvalue weighted by Crippen LogP contribution is 2.35. The summed E-state index contributed by atoms with van der Waals surface area (Å²) in [5, 5.41) is 9.98. The fourth-order valence-corrected chi connectivity index (χ4v) is 3.49. The minimum atomic E-state index is -0.899. The van der Waals surface area contributed by atoms with Crippen LogP contribution in [0.15, 0.2) is 54.6 Å². The van der Waals surface area contributed by atoms with Crippen LogP contribution >= 0.6 is 0 Å². The van der Waals surface area contributed by atoms with E-state index < -0.39 is 23.6 Å². The van der Waals surface area contributed by atoms with Gasteiger partial charge in [0.25, 0.3) is 0 Å². The molecule has 1 aliphatic rings. The van der Waals surface area contributed by atoms with Crippen LogP contribution in [-0.2, 0) is 11.3 Å². The Morgan fingerprint density at radius 2 is 1.77 bits per heavy atom. The van der Waals surface area contributed by atoms with Crippen molar-refractivity contribution >= 4 is 0 Å². The van der Waals surface area contributed by atoms with Gasteiger partial charge < -0.3 is 14.6 Å². The molecule has 4 rings (SSSR count). The molecule has 2 atom stereocenters. The van der Waals surface area contributed by atoms with Crippen molar-refractivity contribution in [3.8, 4) is 16.9 Å². The molecule has 0 bridgehead atoms. The number of hydrogen-bond acceptors (Lipinski definition) is 3. The predicted molar refractivity (Wildman–Crippen MR) is 111 cm³/mol. The summed E-state index contributed by atoms with van der Waals surface area (Å²) in [5.41, 5.74) is 2.21. The van der Waals surface area contributed by atoms with Crippen LogP contribution in [0.1, 0.15) is 48.7 Å². The van der Waals surface area contributed by atoms with Crippen molar-refractivity contribution in [1.82, 2.24) is 0 Å². The van der Waals surface area contributed by atoms with E-state index in [1.165, 1.54) is 12.1 Å². The molecule has 1 N–H and O–H groups in total. The largest absolute Gasteiger partial charge is 0.486 e. The van der Waals surface area contributed by atoms with Crippen LogP contribution in [0.25, 0.3) is 11.1 Å². The van der Waals surface area contributed by atoms with E-state index in [4.69, 9.17) is 9.47 Å². The Morgan fingerprint density at radius 1 is 1.03 bits per heavy atom. The first-order valence-electron chi connectivity index (χ1n) is 10.3. The number of epoxide rings is 1. The summed E-state index contributed by atoms with van der Waals surface area (Å²) in [7, 11) is 0. The lowest BCUT2D eigenvalue weighted by Crippen LogP contribution is -2.01. The van der Waals surface area contributed by atoms with Gasteiger partial charge in [-0.05, 0) is 35.2 Å². The van der Waals surface area contributed by atoms with E-state index in [1.54, 1.807) is 42.5 Å². The van der Waals surface area contributed by atoms with Crippen LogP contribution < -0.4 is 4.74 Å². The molecule has 0 aliphatic carbocycles. The topological polar surface area (TPSA) is 42.0 Å². The van der Waals surface area contributed by atoms with Gasteiger partial charge in [0.1, 0.15) is 12.7 Å². The third kappa shape index (κ3) is 4.75. The predicted octanol–water partition coefficient (Wildman–Crippen LogP) is 6.25. The SMILES string of the molecule is CCCC(O)c1ccc(OCc2ccc(-c3ccc(C4CO4)c(F)c3F)cc2)c(F)c1. The molecular formula is C25H23F3O3. The second kappa shape index (κ2) is 9.12. The van der Waals surface area contributed by atoms with E-state index in [2.05, 4.69) is 0 Å². The summed E-state index contributed by atoms with van der Waals surface area (Å²) in [6, 6.07) is 14.3. The number of benzene rings is 3. The average Bonchev–Trinajstić information content (AvgIpc) is 3.60. The van der Waals surface area contributed by atoms with Crippen LogP contribution in [0.2, 0.25) is 0 Å². The van der Waals surface area contributed by atoms with Gasteiger partial charge in [0, 0.05) is 11.1 Å². The fraction of sp³-hybridized carbons (Fsp3) is 0.280. The Balaban J connectivity index is 1.43. The summed E-state index contributed by atoms with van der Waals surface area (Å²) in [4.78, 5) is 0.